The van der Waals surface area contributed by atoms with Gasteiger partial charge >= 0.3 is 5.97 Å². The normalized spacial score (nSPS) is 33.1. The maximum absolute atomic E-state index is 10.9. The number of aliphatic carboxylic acids is 1. The lowest BCUT2D eigenvalue weighted by atomic mass is 9.77. The molecular weight excluding hydrogens is 202 g/mol. The second-order valence-electron chi connectivity index (χ2n) is 5.48. The van der Waals surface area contributed by atoms with Crippen LogP contribution >= 0.6 is 0 Å². The highest BCUT2D eigenvalue weighted by Crippen LogP contribution is 2.31. The Morgan fingerprint density at radius 1 is 1.19 bits per heavy atom. The van der Waals surface area contributed by atoms with Gasteiger partial charge in [0, 0.05) is 12.1 Å². The molecule has 2 fully saturated rings. The van der Waals surface area contributed by atoms with Crippen LogP contribution in [0.4, 0.5) is 0 Å². The van der Waals surface area contributed by atoms with Crippen LogP contribution in [-0.4, -0.2) is 23.2 Å². The van der Waals surface area contributed by atoms with Crippen molar-refractivity contribution in [2.24, 2.45) is 11.8 Å². The Balaban J connectivity index is 1.78. The van der Waals surface area contributed by atoms with Crippen molar-refractivity contribution in [2.45, 2.75) is 64.0 Å². The Morgan fingerprint density at radius 3 is 2.38 bits per heavy atom. The van der Waals surface area contributed by atoms with E-state index in [1.807, 2.05) is 0 Å². The second-order valence-corrected chi connectivity index (χ2v) is 5.48. The van der Waals surface area contributed by atoms with E-state index in [2.05, 4.69) is 12.2 Å². The molecule has 3 nitrogen and oxygen atoms in total. The number of carboxylic acid groups (broad SMARTS) is 1. The quantitative estimate of drug-likeness (QED) is 0.772. The van der Waals surface area contributed by atoms with Crippen LogP contribution in [0.3, 0.4) is 0 Å². The zero-order valence-electron chi connectivity index (χ0n) is 10.1. The minimum Gasteiger partial charge on any atom is -0.481 e. The highest BCUT2D eigenvalue weighted by atomic mass is 16.4. The van der Waals surface area contributed by atoms with E-state index in [1.54, 1.807) is 0 Å². The molecule has 92 valence electrons. The molecule has 2 aliphatic carbocycles. The Kier molecular flexibility index (Phi) is 3.85. The average Bonchev–Trinajstić information content (AvgIpc) is 2.24. The van der Waals surface area contributed by atoms with Crippen LogP contribution in [0.15, 0.2) is 0 Å². The van der Waals surface area contributed by atoms with Crippen molar-refractivity contribution in [3.63, 3.8) is 0 Å². The van der Waals surface area contributed by atoms with Crippen LogP contribution in [0, 0.1) is 11.8 Å². The third-order valence-electron chi connectivity index (χ3n) is 4.43. The van der Waals surface area contributed by atoms with Crippen molar-refractivity contribution in [3.05, 3.63) is 0 Å². The number of rotatable bonds is 4. The van der Waals surface area contributed by atoms with E-state index >= 15 is 0 Å². The van der Waals surface area contributed by atoms with Crippen molar-refractivity contribution < 1.29 is 9.90 Å². The molecule has 0 saturated heterocycles. The van der Waals surface area contributed by atoms with Gasteiger partial charge in [-0.1, -0.05) is 19.3 Å². The van der Waals surface area contributed by atoms with Crippen LogP contribution in [-0.2, 0) is 4.79 Å². The average molecular weight is 225 g/mol. The molecular formula is C13H23NO2. The third kappa shape index (κ3) is 2.57. The first kappa shape index (κ1) is 11.9. The van der Waals surface area contributed by atoms with Crippen LogP contribution in [0.2, 0.25) is 0 Å². The van der Waals surface area contributed by atoms with Crippen molar-refractivity contribution in [1.82, 2.24) is 5.32 Å². The summed E-state index contributed by atoms with van der Waals surface area (Å²) in [6, 6.07) is 0.724. The van der Waals surface area contributed by atoms with Gasteiger partial charge in [-0.2, -0.15) is 0 Å². The Morgan fingerprint density at radius 2 is 1.88 bits per heavy atom. The Bertz CT molecular complexity index is 248. The molecule has 0 amide bonds. The molecule has 3 heteroatoms. The fourth-order valence-corrected chi connectivity index (χ4v) is 3.10. The van der Waals surface area contributed by atoms with Crippen LogP contribution in [0.5, 0.6) is 0 Å². The predicted molar refractivity (Wildman–Crippen MR) is 63.3 cm³/mol. The van der Waals surface area contributed by atoms with E-state index in [0.717, 1.165) is 18.8 Å². The smallest absolute Gasteiger partial charge is 0.308 e. The SMILES string of the molecule is CC(NC1CCC1C(=O)O)C1CCCCC1. The predicted octanol–water partition coefficient (Wildman–Crippen LogP) is 2.41. The molecule has 0 spiro atoms. The lowest BCUT2D eigenvalue weighted by molar-refractivity contribution is -0.146. The number of carboxylic acids is 1. The lowest BCUT2D eigenvalue weighted by Gasteiger charge is -2.39. The molecule has 2 N–H and O–H groups in total. The second kappa shape index (κ2) is 5.17. The highest BCUT2D eigenvalue weighted by molar-refractivity contribution is 5.72. The first-order valence-electron chi connectivity index (χ1n) is 6.67. The molecule has 2 rings (SSSR count). The molecule has 0 aromatic rings. The maximum Gasteiger partial charge on any atom is 0.308 e. The van der Waals surface area contributed by atoms with Gasteiger partial charge in [-0.05, 0) is 38.5 Å². The minimum atomic E-state index is -0.625. The van der Waals surface area contributed by atoms with Gasteiger partial charge in [0.25, 0.3) is 0 Å². The molecule has 3 unspecified atom stereocenters. The van der Waals surface area contributed by atoms with Crippen LogP contribution in [0.25, 0.3) is 0 Å². The minimum absolute atomic E-state index is 0.133. The van der Waals surface area contributed by atoms with Crippen molar-refractivity contribution in [1.29, 1.82) is 0 Å². The van der Waals surface area contributed by atoms with Crippen molar-refractivity contribution in [2.75, 3.05) is 0 Å². The summed E-state index contributed by atoms with van der Waals surface area (Å²) in [5.74, 6) is 0.00873. The number of carbonyl (C=O) groups is 1. The first-order chi connectivity index (χ1) is 7.68. The number of nitrogens with one attached hydrogen (secondary N) is 1. The number of hydrogen-bond donors (Lipinski definition) is 2. The summed E-state index contributed by atoms with van der Waals surface area (Å²) in [5, 5.41) is 12.5. The molecule has 16 heavy (non-hydrogen) atoms. The van der Waals surface area contributed by atoms with Crippen LogP contribution < -0.4 is 5.32 Å². The largest absolute Gasteiger partial charge is 0.481 e. The van der Waals surface area contributed by atoms with E-state index in [1.165, 1.54) is 32.1 Å². The highest BCUT2D eigenvalue weighted by Gasteiger charge is 2.37. The van der Waals surface area contributed by atoms with E-state index in [4.69, 9.17) is 5.11 Å². The standard InChI is InChI=1S/C13H23NO2/c1-9(10-5-3-2-4-6-10)14-12-8-7-11(12)13(15)16/h9-12,14H,2-8H2,1H3,(H,15,16). The summed E-state index contributed by atoms with van der Waals surface area (Å²) in [6.07, 6.45) is 8.60. The molecule has 0 bridgehead atoms. The van der Waals surface area contributed by atoms with Gasteiger partial charge < -0.3 is 10.4 Å². The van der Waals surface area contributed by atoms with Gasteiger partial charge in [0.1, 0.15) is 0 Å². The van der Waals surface area contributed by atoms with Gasteiger partial charge in [0.2, 0.25) is 0 Å². The topological polar surface area (TPSA) is 49.3 Å². The monoisotopic (exact) mass is 225 g/mol. The maximum atomic E-state index is 10.9. The Hall–Kier alpha value is -0.570. The van der Waals surface area contributed by atoms with Gasteiger partial charge in [0.15, 0.2) is 0 Å². The van der Waals surface area contributed by atoms with Gasteiger partial charge in [-0.15, -0.1) is 0 Å². The molecule has 0 aromatic heterocycles. The van der Waals surface area contributed by atoms with E-state index < -0.39 is 5.97 Å². The lowest BCUT2D eigenvalue weighted by Crippen LogP contribution is -2.52. The summed E-state index contributed by atoms with van der Waals surface area (Å²) in [4.78, 5) is 10.9. The molecule has 0 aromatic carbocycles. The van der Waals surface area contributed by atoms with E-state index in [9.17, 15) is 4.79 Å². The fourth-order valence-electron chi connectivity index (χ4n) is 3.10. The number of hydrogen-bond acceptors (Lipinski definition) is 2. The van der Waals surface area contributed by atoms with E-state index in [0.29, 0.717) is 6.04 Å². The molecule has 0 aliphatic heterocycles. The summed E-state index contributed by atoms with van der Waals surface area (Å²) in [5.41, 5.74) is 0. The zero-order valence-corrected chi connectivity index (χ0v) is 10.1. The van der Waals surface area contributed by atoms with Gasteiger partial charge in [-0.25, -0.2) is 0 Å². The molecule has 0 radical (unpaired) electrons. The summed E-state index contributed by atoms with van der Waals surface area (Å²) in [6.45, 7) is 2.23. The molecule has 0 heterocycles. The zero-order chi connectivity index (χ0) is 11.5. The van der Waals surface area contributed by atoms with Gasteiger partial charge in [-0.3, -0.25) is 4.79 Å². The molecule has 2 saturated carbocycles. The summed E-state index contributed by atoms with van der Waals surface area (Å²) in [7, 11) is 0. The van der Waals surface area contributed by atoms with Crippen molar-refractivity contribution >= 4 is 5.97 Å². The third-order valence-corrected chi connectivity index (χ3v) is 4.43. The van der Waals surface area contributed by atoms with Crippen LogP contribution in [0.1, 0.15) is 51.9 Å². The fraction of sp³-hybridized carbons (Fsp3) is 0.923. The summed E-state index contributed by atoms with van der Waals surface area (Å²) >= 11 is 0. The molecule has 2 aliphatic rings. The van der Waals surface area contributed by atoms with E-state index in [-0.39, 0.29) is 12.0 Å². The molecule has 3 atom stereocenters. The summed E-state index contributed by atoms with van der Waals surface area (Å²) < 4.78 is 0. The first-order valence-corrected chi connectivity index (χ1v) is 6.67. The van der Waals surface area contributed by atoms with Gasteiger partial charge in [0.05, 0.1) is 5.92 Å². The Labute approximate surface area is 97.6 Å². The van der Waals surface area contributed by atoms with Crippen molar-refractivity contribution in [3.8, 4) is 0 Å².